The number of benzene rings is 2. The lowest BCUT2D eigenvalue weighted by atomic mass is 9.83. The van der Waals surface area contributed by atoms with Crippen LogP contribution >= 0.6 is 23.2 Å². The Morgan fingerprint density at radius 2 is 1.74 bits per heavy atom. The zero-order chi connectivity index (χ0) is 22.4. The second-order valence-electron chi connectivity index (χ2n) is 6.93. The molecule has 0 saturated heterocycles. The van der Waals surface area contributed by atoms with Crippen LogP contribution in [0.25, 0.3) is 16.7 Å². The molecule has 0 amide bonds. The van der Waals surface area contributed by atoms with Crippen molar-refractivity contribution in [1.82, 2.24) is 0 Å². The lowest BCUT2D eigenvalue weighted by molar-refractivity contribution is -0.00698. The van der Waals surface area contributed by atoms with E-state index in [1.807, 2.05) is 0 Å². The molecular formula is C21H16Cl2O8. The highest BCUT2D eigenvalue weighted by Crippen LogP contribution is 2.44. The summed E-state index contributed by atoms with van der Waals surface area (Å²) in [6.45, 7) is -0.872. The second kappa shape index (κ2) is 8.07. The summed E-state index contributed by atoms with van der Waals surface area (Å²) in [5.74, 6) is -2.60. The number of aliphatic hydroxyl groups is 4. The molecule has 0 radical (unpaired) electrons. The van der Waals surface area contributed by atoms with Crippen LogP contribution in [0.4, 0.5) is 0 Å². The largest absolute Gasteiger partial charge is 0.507 e. The van der Waals surface area contributed by atoms with Gasteiger partial charge in [-0.3, -0.25) is 0 Å². The monoisotopic (exact) mass is 466 g/mol. The molecule has 2 aromatic carbocycles. The van der Waals surface area contributed by atoms with E-state index >= 15 is 0 Å². The Morgan fingerprint density at radius 3 is 2.45 bits per heavy atom. The molecule has 8 nitrogen and oxygen atoms in total. The average molecular weight is 467 g/mol. The van der Waals surface area contributed by atoms with Crippen LogP contribution in [-0.4, -0.2) is 44.5 Å². The maximum absolute atomic E-state index is 12.8. The topological polar surface area (TPSA) is 141 Å². The summed E-state index contributed by atoms with van der Waals surface area (Å²) in [6.07, 6.45) is -3.53. The number of hydrogen-bond donors (Lipinski definition) is 5. The van der Waals surface area contributed by atoms with Gasteiger partial charge in [0, 0.05) is 10.0 Å². The van der Waals surface area contributed by atoms with Crippen LogP contribution in [0.5, 0.6) is 11.5 Å². The van der Waals surface area contributed by atoms with E-state index in [2.05, 4.69) is 0 Å². The number of ether oxygens (including phenoxy) is 1. The Labute approximate surface area is 184 Å². The van der Waals surface area contributed by atoms with Crippen molar-refractivity contribution in [2.24, 2.45) is 0 Å². The minimum absolute atomic E-state index is 0.0312. The van der Waals surface area contributed by atoms with Gasteiger partial charge in [0.25, 0.3) is 0 Å². The number of rotatable bonds is 4. The molecule has 0 aliphatic carbocycles. The Balaban J connectivity index is 2.02. The highest BCUT2D eigenvalue weighted by Gasteiger charge is 2.40. The zero-order valence-corrected chi connectivity index (χ0v) is 17.1. The lowest BCUT2D eigenvalue weighted by Gasteiger charge is -2.32. The second-order valence-corrected chi connectivity index (χ2v) is 7.81. The Bertz CT molecular complexity index is 1270. The summed E-state index contributed by atoms with van der Waals surface area (Å²) >= 11 is 12.0. The van der Waals surface area contributed by atoms with Gasteiger partial charge in [0.15, 0.2) is 0 Å². The van der Waals surface area contributed by atoms with Crippen LogP contribution in [0, 0.1) is 0 Å². The SMILES string of the molecule is O=c1oc2ccc(Cl)cc2c(O)c1C(C1=C(O)c2cc(Cl)ccc2OC1O)C(O)CO. The molecule has 0 bridgehead atoms. The molecule has 0 fully saturated rings. The Kier molecular flexibility index (Phi) is 5.59. The van der Waals surface area contributed by atoms with Crippen molar-refractivity contribution >= 4 is 39.9 Å². The lowest BCUT2D eigenvalue weighted by Crippen LogP contribution is -2.36. The van der Waals surface area contributed by atoms with Gasteiger partial charge >= 0.3 is 5.63 Å². The molecule has 10 heteroatoms. The normalized spacial score (nSPS) is 17.9. The third-order valence-electron chi connectivity index (χ3n) is 5.07. The van der Waals surface area contributed by atoms with Gasteiger partial charge in [0.05, 0.1) is 40.7 Å². The predicted molar refractivity (Wildman–Crippen MR) is 113 cm³/mol. The third kappa shape index (κ3) is 3.62. The molecule has 3 unspecified atom stereocenters. The minimum Gasteiger partial charge on any atom is -0.507 e. The van der Waals surface area contributed by atoms with Gasteiger partial charge in [-0.2, -0.15) is 0 Å². The van der Waals surface area contributed by atoms with Crippen LogP contribution in [-0.2, 0) is 0 Å². The van der Waals surface area contributed by atoms with Crippen LogP contribution in [0.2, 0.25) is 10.0 Å². The van der Waals surface area contributed by atoms with E-state index in [0.717, 1.165) is 0 Å². The molecule has 3 atom stereocenters. The summed E-state index contributed by atoms with van der Waals surface area (Å²) in [5, 5.41) is 53.0. The van der Waals surface area contributed by atoms with Gasteiger partial charge < -0.3 is 34.7 Å². The van der Waals surface area contributed by atoms with Gasteiger partial charge in [-0.25, -0.2) is 4.79 Å². The molecule has 162 valence electrons. The van der Waals surface area contributed by atoms with E-state index in [1.54, 1.807) is 0 Å². The zero-order valence-electron chi connectivity index (χ0n) is 15.6. The van der Waals surface area contributed by atoms with Gasteiger partial charge in [0.1, 0.15) is 22.8 Å². The fourth-order valence-electron chi connectivity index (χ4n) is 3.65. The van der Waals surface area contributed by atoms with Crippen LogP contribution in [0.15, 0.2) is 51.2 Å². The summed E-state index contributed by atoms with van der Waals surface area (Å²) in [7, 11) is 0. The van der Waals surface area contributed by atoms with Crippen LogP contribution in [0.3, 0.4) is 0 Å². The van der Waals surface area contributed by atoms with Gasteiger partial charge in [0.2, 0.25) is 6.29 Å². The first kappa shape index (κ1) is 21.5. The summed E-state index contributed by atoms with van der Waals surface area (Å²) in [4.78, 5) is 12.8. The Hall–Kier alpha value is -2.75. The van der Waals surface area contributed by atoms with E-state index in [0.29, 0.717) is 0 Å². The van der Waals surface area contributed by atoms with Crippen LogP contribution < -0.4 is 10.4 Å². The molecule has 3 aromatic rings. The summed E-state index contributed by atoms with van der Waals surface area (Å²) < 4.78 is 10.6. The van der Waals surface area contributed by atoms with E-state index in [9.17, 15) is 30.3 Å². The molecule has 31 heavy (non-hydrogen) atoms. The van der Waals surface area contributed by atoms with Crippen molar-refractivity contribution in [1.29, 1.82) is 0 Å². The van der Waals surface area contributed by atoms with E-state index < -0.39 is 47.6 Å². The van der Waals surface area contributed by atoms with Gasteiger partial charge in [-0.1, -0.05) is 23.2 Å². The highest BCUT2D eigenvalue weighted by molar-refractivity contribution is 6.31. The number of hydrogen-bond acceptors (Lipinski definition) is 8. The summed E-state index contributed by atoms with van der Waals surface area (Å²) in [6, 6.07) is 8.46. The molecular weight excluding hydrogens is 451 g/mol. The number of fused-ring (bicyclic) bond motifs is 2. The molecule has 1 aromatic heterocycles. The minimum atomic E-state index is -1.81. The highest BCUT2D eigenvalue weighted by atomic mass is 35.5. The molecule has 1 aliphatic heterocycles. The molecule has 2 heterocycles. The quantitative estimate of drug-likeness (QED) is 0.369. The Morgan fingerprint density at radius 1 is 1.06 bits per heavy atom. The molecule has 4 rings (SSSR count). The molecule has 1 aliphatic rings. The first-order valence-corrected chi connectivity index (χ1v) is 9.80. The van der Waals surface area contributed by atoms with E-state index in [1.165, 1.54) is 36.4 Å². The average Bonchev–Trinajstić information content (AvgIpc) is 2.73. The van der Waals surface area contributed by atoms with Crippen LogP contribution in [0.1, 0.15) is 17.0 Å². The maximum atomic E-state index is 12.8. The van der Waals surface area contributed by atoms with Crippen molar-refractivity contribution < 1.29 is 34.7 Å². The third-order valence-corrected chi connectivity index (χ3v) is 5.54. The molecule has 0 saturated carbocycles. The van der Waals surface area contributed by atoms with E-state index in [-0.39, 0.29) is 37.9 Å². The van der Waals surface area contributed by atoms with Gasteiger partial charge in [-0.15, -0.1) is 0 Å². The fraction of sp³-hybridized carbons (Fsp3) is 0.190. The fourth-order valence-corrected chi connectivity index (χ4v) is 4.00. The van der Waals surface area contributed by atoms with Gasteiger partial charge in [-0.05, 0) is 36.4 Å². The molecule has 0 spiro atoms. The first-order chi connectivity index (χ1) is 14.7. The standard InChI is InChI=1S/C21H16Cl2O8/c22-8-1-3-13-10(5-8)18(26)16(20(28)30-13)15(12(25)7-24)17-19(27)11-6-9(23)2-4-14(11)31-21(17)29/h1-6,12,15,20,24-28H,7H2. The maximum Gasteiger partial charge on any atom is 0.343 e. The summed E-state index contributed by atoms with van der Waals surface area (Å²) in [5.41, 5.74) is -1.78. The number of aromatic hydroxyl groups is 1. The smallest absolute Gasteiger partial charge is 0.343 e. The molecule has 5 N–H and O–H groups in total. The van der Waals surface area contributed by atoms with Crippen molar-refractivity contribution in [3.05, 3.63) is 73.6 Å². The first-order valence-electron chi connectivity index (χ1n) is 9.04. The predicted octanol–water partition coefficient (Wildman–Crippen LogP) is 2.92. The number of aliphatic hydroxyl groups excluding tert-OH is 4. The van der Waals surface area contributed by atoms with Crippen molar-refractivity contribution in [2.45, 2.75) is 18.3 Å². The number of halogens is 2. The van der Waals surface area contributed by atoms with Crippen molar-refractivity contribution in [3.63, 3.8) is 0 Å². The van der Waals surface area contributed by atoms with E-state index in [4.69, 9.17) is 32.4 Å². The van der Waals surface area contributed by atoms with Crippen molar-refractivity contribution in [3.8, 4) is 11.5 Å². The van der Waals surface area contributed by atoms with Crippen molar-refractivity contribution in [2.75, 3.05) is 6.61 Å².